The minimum atomic E-state index is 0.788. The molecule has 0 aliphatic carbocycles. The van der Waals surface area contributed by atoms with Crippen LogP contribution in [0.3, 0.4) is 0 Å². The van der Waals surface area contributed by atoms with Crippen LogP contribution >= 0.6 is 0 Å². The maximum Gasteiger partial charge on any atom is 0.0974 e. The molecule has 0 amide bonds. The largest absolute Gasteiger partial charge is 0.260 e. The third-order valence-corrected chi connectivity index (χ3v) is 4.44. The van der Waals surface area contributed by atoms with Crippen LogP contribution in [0.5, 0.6) is 0 Å². The minimum Gasteiger partial charge on any atom is -0.260 e. The van der Waals surface area contributed by atoms with Crippen molar-refractivity contribution in [3.8, 4) is 0 Å². The molecule has 0 saturated heterocycles. The summed E-state index contributed by atoms with van der Waals surface area (Å²) in [5, 5.41) is 15.4. The van der Waals surface area contributed by atoms with Gasteiger partial charge in [0.1, 0.15) is 0 Å². The molecular formula is C20H13N3. The summed E-state index contributed by atoms with van der Waals surface area (Å²) in [6.07, 6.45) is 0. The van der Waals surface area contributed by atoms with Gasteiger partial charge >= 0.3 is 0 Å². The van der Waals surface area contributed by atoms with Crippen LogP contribution in [0.2, 0.25) is 0 Å². The lowest BCUT2D eigenvalue weighted by molar-refractivity contribution is 0.872. The molecule has 108 valence electrons. The second kappa shape index (κ2) is 4.40. The van der Waals surface area contributed by atoms with E-state index in [1.165, 1.54) is 32.3 Å². The van der Waals surface area contributed by atoms with Crippen molar-refractivity contribution < 1.29 is 0 Å². The number of fused-ring (bicyclic) bond motifs is 4. The van der Waals surface area contributed by atoms with Gasteiger partial charge in [0.2, 0.25) is 0 Å². The predicted octanol–water partition coefficient (Wildman–Crippen LogP) is 5.72. The van der Waals surface area contributed by atoms with Crippen molar-refractivity contribution >= 4 is 43.7 Å². The molecule has 0 radical (unpaired) electrons. The number of hydrogen-bond donors (Lipinski definition) is 1. The van der Waals surface area contributed by atoms with Crippen molar-refractivity contribution in [3.05, 3.63) is 72.8 Å². The highest BCUT2D eigenvalue weighted by Crippen LogP contribution is 2.35. The van der Waals surface area contributed by atoms with Crippen molar-refractivity contribution in [3.63, 3.8) is 0 Å². The fraction of sp³-hybridized carbons (Fsp3) is 0. The Labute approximate surface area is 132 Å². The number of hydrogen-bond acceptors (Lipinski definition) is 3. The molecule has 4 aromatic carbocycles. The zero-order chi connectivity index (χ0) is 15.4. The Morgan fingerprint density at radius 3 is 1.96 bits per heavy atom. The van der Waals surface area contributed by atoms with Crippen LogP contribution in [0.15, 0.2) is 77.6 Å². The first-order valence-corrected chi connectivity index (χ1v) is 7.54. The van der Waals surface area contributed by atoms with E-state index in [1.54, 1.807) is 0 Å². The summed E-state index contributed by atoms with van der Waals surface area (Å²) in [5.74, 6) is 0. The van der Waals surface area contributed by atoms with Crippen LogP contribution in [-0.4, -0.2) is 0 Å². The molecule has 1 heterocycles. The highest BCUT2D eigenvalue weighted by molar-refractivity contribution is 6.06. The first-order valence-electron chi connectivity index (χ1n) is 7.54. The topological polar surface area (TPSA) is 36.8 Å². The Hall–Kier alpha value is -3.20. The molecule has 1 aliphatic heterocycles. The Bertz CT molecular complexity index is 1160. The Kier molecular flexibility index (Phi) is 2.36. The van der Waals surface area contributed by atoms with Crippen molar-refractivity contribution in [1.29, 1.82) is 0 Å². The summed E-state index contributed by atoms with van der Waals surface area (Å²) in [6.45, 7) is 4.00. The molecule has 1 N–H and O–H groups in total. The highest BCUT2D eigenvalue weighted by Gasteiger charge is 2.12. The van der Waals surface area contributed by atoms with Crippen LogP contribution in [0.4, 0.5) is 5.69 Å². The summed E-state index contributed by atoms with van der Waals surface area (Å²) in [4.78, 5) is 0. The molecule has 0 bridgehead atoms. The molecule has 0 spiro atoms. The average Bonchev–Trinajstić information content (AvgIpc) is 2.57. The van der Waals surface area contributed by atoms with Crippen molar-refractivity contribution in [2.75, 3.05) is 0 Å². The van der Waals surface area contributed by atoms with E-state index in [-0.39, 0.29) is 0 Å². The van der Waals surface area contributed by atoms with Gasteiger partial charge in [0.15, 0.2) is 0 Å². The standard InChI is InChI=1S/C20H13N3/c1-12-19-10-17-8-15-6-13-4-2-3-5-14(13)7-16(15)9-18(17)11-20(19)22-23-21-12/h2-11H,1H2,(H,21,22). The molecule has 3 nitrogen and oxygen atoms in total. The third kappa shape index (κ3) is 1.83. The maximum absolute atomic E-state index is 4.18. The van der Waals surface area contributed by atoms with Gasteiger partial charge in [-0.3, -0.25) is 5.43 Å². The van der Waals surface area contributed by atoms with E-state index in [0.29, 0.717) is 0 Å². The van der Waals surface area contributed by atoms with E-state index >= 15 is 0 Å². The highest BCUT2D eigenvalue weighted by atomic mass is 15.4. The fourth-order valence-corrected chi connectivity index (χ4v) is 3.26. The zero-order valence-corrected chi connectivity index (χ0v) is 12.4. The lowest BCUT2D eigenvalue weighted by Gasteiger charge is -2.14. The average molecular weight is 295 g/mol. The van der Waals surface area contributed by atoms with Crippen molar-refractivity contribution in [1.82, 2.24) is 5.43 Å². The van der Waals surface area contributed by atoms with E-state index in [9.17, 15) is 0 Å². The Morgan fingerprint density at radius 2 is 1.26 bits per heavy atom. The second-order valence-corrected chi connectivity index (χ2v) is 5.91. The molecular weight excluding hydrogens is 282 g/mol. The lowest BCUT2D eigenvalue weighted by Crippen LogP contribution is -2.05. The Morgan fingerprint density at radius 1 is 0.696 bits per heavy atom. The van der Waals surface area contributed by atoms with Gasteiger partial charge in [-0.25, -0.2) is 0 Å². The molecule has 4 aromatic rings. The maximum atomic E-state index is 4.18. The van der Waals surface area contributed by atoms with Crippen LogP contribution in [-0.2, 0) is 0 Å². The molecule has 0 saturated carbocycles. The molecule has 23 heavy (non-hydrogen) atoms. The first-order chi connectivity index (χ1) is 11.3. The number of nitrogens with zero attached hydrogens (tertiary/aromatic N) is 2. The SMILES string of the molecule is C=C1NN=Nc2cc3cc4cc5ccccc5cc4cc3cc21. The number of benzene rings is 4. The molecule has 0 fully saturated rings. The lowest BCUT2D eigenvalue weighted by atomic mass is 9.97. The van der Waals surface area contributed by atoms with Gasteiger partial charge in [-0.1, -0.05) is 36.1 Å². The van der Waals surface area contributed by atoms with E-state index in [1.807, 2.05) is 0 Å². The first kappa shape index (κ1) is 12.4. The zero-order valence-electron chi connectivity index (χ0n) is 12.4. The number of rotatable bonds is 0. The van der Waals surface area contributed by atoms with E-state index in [4.69, 9.17) is 0 Å². The monoisotopic (exact) mass is 295 g/mol. The Balaban J connectivity index is 1.87. The smallest absolute Gasteiger partial charge is 0.0974 e. The van der Waals surface area contributed by atoms with Crippen LogP contribution in [0, 0.1) is 0 Å². The fourth-order valence-electron chi connectivity index (χ4n) is 3.26. The summed E-state index contributed by atoms with van der Waals surface area (Å²) < 4.78 is 0. The quantitative estimate of drug-likeness (QED) is 0.414. The third-order valence-electron chi connectivity index (χ3n) is 4.44. The normalized spacial score (nSPS) is 13.5. The molecule has 0 atom stereocenters. The van der Waals surface area contributed by atoms with Gasteiger partial charge in [-0.2, -0.15) is 0 Å². The van der Waals surface area contributed by atoms with Gasteiger partial charge in [0.05, 0.1) is 11.4 Å². The van der Waals surface area contributed by atoms with Crippen molar-refractivity contribution in [2.45, 2.75) is 0 Å². The molecule has 3 heteroatoms. The van der Waals surface area contributed by atoms with Gasteiger partial charge in [-0.15, -0.1) is 5.11 Å². The second-order valence-electron chi connectivity index (χ2n) is 5.91. The summed E-state index contributed by atoms with van der Waals surface area (Å²) in [5.41, 5.74) is 5.49. The summed E-state index contributed by atoms with van der Waals surface area (Å²) >= 11 is 0. The predicted molar refractivity (Wildman–Crippen MR) is 95.6 cm³/mol. The molecule has 0 aromatic heterocycles. The van der Waals surface area contributed by atoms with Gasteiger partial charge < -0.3 is 0 Å². The molecule has 1 aliphatic rings. The summed E-state index contributed by atoms with van der Waals surface area (Å²) in [6, 6.07) is 21.6. The van der Waals surface area contributed by atoms with E-state index in [0.717, 1.165) is 16.9 Å². The van der Waals surface area contributed by atoms with Crippen LogP contribution in [0.25, 0.3) is 38.0 Å². The summed E-state index contributed by atoms with van der Waals surface area (Å²) in [7, 11) is 0. The molecule has 0 unspecified atom stereocenters. The van der Waals surface area contributed by atoms with Crippen LogP contribution in [0.1, 0.15) is 5.56 Å². The number of nitrogens with one attached hydrogen (secondary N) is 1. The van der Waals surface area contributed by atoms with E-state index < -0.39 is 0 Å². The van der Waals surface area contributed by atoms with Gasteiger partial charge in [0.25, 0.3) is 0 Å². The van der Waals surface area contributed by atoms with E-state index in [2.05, 4.69) is 83.0 Å². The van der Waals surface area contributed by atoms with Gasteiger partial charge in [-0.05, 0) is 68.7 Å². The van der Waals surface area contributed by atoms with Gasteiger partial charge in [0, 0.05) is 5.56 Å². The van der Waals surface area contributed by atoms with Crippen LogP contribution < -0.4 is 5.43 Å². The minimum absolute atomic E-state index is 0.788. The molecule has 5 rings (SSSR count). The van der Waals surface area contributed by atoms with Crippen molar-refractivity contribution in [2.24, 2.45) is 10.3 Å².